The van der Waals surface area contributed by atoms with Crippen LogP contribution in [0.25, 0.3) is 16.8 Å². The molecule has 7 nitrogen and oxygen atoms in total. The monoisotopic (exact) mass is 464 g/mol. The maximum atomic E-state index is 14.4. The van der Waals surface area contributed by atoms with Crippen molar-refractivity contribution in [2.75, 3.05) is 5.01 Å². The van der Waals surface area contributed by atoms with Crippen molar-refractivity contribution < 1.29 is 9.90 Å². The van der Waals surface area contributed by atoms with Crippen molar-refractivity contribution in [1.29, 1.82) is 0 Å². The molecule has 35 heavy (non-hydrogen) atoms. The van der Waals surface area contributed by atoms with Crippen molar-refractivity contribution >= 4 is 17.3 Å². The largest absolute Gasteiger partial charge is 0.507 e. The van der Waals surface area contributed by atoms with Gasteiger partial charge in [0, 0.05) is 16.8 Å². The molecule has 0 fully saturated rings. The fourth-order valence-corrected chi connectivity index (χ4v) is 5.45. The third-order valence-electron chi connectivity index (χ3n) is 7.10. The van der Waals surface area contributed by atoms with Crippen molar-refractivity contribution in [3.63, 3.8) is 0 Å². The normalized spacial score (nSPS) is 18.2. The van der Waals surface area contributed by atoms with E-state index in [1.165, 1.54) is 5.01 Å². The Kier molecular flexibility index (Phi) is 4.27. The maximum Gasteiger partial charge on any atom is 0.285 e. The van der Waals surface area contributed by atoms with Crippen LogP contribution < -0.4 is 10.6 Å². The zero-order valence-electron chi connectivity index (χ0n) is 19.9. The molecule has 0 saturated carbocycles. The third kappa shape index (κ3) is 2.58. The topological polar surface area (TPSA) is 79.8 Å². The summed E-state index contributed by atoms with van der Waals surface area (Å²) in [5.41, 5.74) is 4.45. The molecule has 1 aromatic heterocycles. The number of hydrogen-bond donors (Lipinski definition) is 1. The number of aromatic nitrogens is 2. The van der Waals surface area contributed by atoms with E-state index < -0.39 is 5.54 Å². The minimum absolute atomic E-state index is 0.0140. The highest BCUT2D eigenvalue weighted by molar-refractivity contribution is 6.23. The Morgan fingerprint density at radius 3 is 2.26 bits per heavy atom. The molecule has 1 unspecified atom stereocenters. The van der Waals surface area contributed by atoms with Crippen LogP contribution in [-0.2, 0) is 10.3 Å². The second-order valence-corrected chi connectivity index (χ2v) is 9.28. The first-order valence-electron chi connectivity index (χ1n) is 11.5. The molecule has 2 aliphatic heterocycles. The molecule has 0 radical (unpaired) electrons. The van der Waals surface area contributed by atoms with Gasteiger partial charge in [0.15, 0.2) is 0 Å². The fraction of sp³-hybridized carbons (Fsp3) is 0.179. The van der Waals surface area contributed by atoms with Crippen LogP contribution in [-0.4, -0.2) is 26.1 Å². The van der Waals surface area contributed by atoms with Gasteiger partial charge in [0.25, 0.3) is 11.5 Å². The number of nitrogens with zero attached hydrogens (tertiary/aromatic N) is 4. The van der Waals surface area contributed by atoms with E-state index in [-0.39, 0.29) is 17.2 Å². The third-order valence-corrected chi connectivity index (χ3v) is 7.10. The SMILES string of the molecule is CC1=NN(c2ccc(C)cc2)C(=O)C12c1cc(C)ccc1-n1c(=O)c(-c3ccccc3O)c(C)n12. The van der Waals surface area contributed by atoms with Crippen LogP contribution in [0.3, 0.4) is 0 Å². The molecule has 7 heteroatoms. The predicted octanol–water partition coefficient (Wildman–Crippen LogP) is 4.42. The molecular weight excluding hydrogens is 440 g/mol. The van der Waals surface area contributed by atoms with Crippen LogP contribution in [0.5, 0.6) is 5.75 Å². The summed E-state index contributed by atoms with van der Waals surface area (Å²) in [7, 11) is 0. The van der Waals surface area contributed by atoms with Gasteiger partial charge in [0.2, 0.25) is 5.54 Å². The number of phenolic OH excluding ortho intramolecular Hbond substituents is 1. The summed E-state index contributed by atoms with van der Waals surface area (Å²) in [6.45, 7) is 7.60. The molecule has 174 valence electrons. The van der Waals surface area contributed by atoms with Gasteiger partial charge in [0.05, 0.1) is 22.6 Å². The number of rotatable bonds is 2. The molecule has 0 saturated heterocycles. The lowest BCUT2D eigenvalue weighted by Crippen LogP contribution is -2.48. The number of aromatic hydroxyl groups is 1. The fourth-order valence-electron chi connectivity index (χ4n) is 5.45. The molecule has 0 bridgehead atoms. The predicted molar refractivity (Wildman–Crippen MR) is 135 cm³/mol. The molecule has 1 atom stereocenters. The van der Waals surface area contributed by atoms with Crippen LogP contribution in [0.15, 0.2) is 76.6 Å². The highest BCUT2D eigenvalue weighted by Crippen LogP contribution is 2.47. The summed E-state index contributed by atoms with van der Waals surface area (Å²) < 4.78 is 3.32. The number of carbonyl (C=O) groups excluding carboxylic acids is 1. The minimum atomic E-state index is -1.31. The first kappa shape index (κ1) is 21.2. The van der Waals surface area contributed by atoms with Crippen LogP contribution >= 0.6 is 0 Å². The summed E-state index contributed by atoms with van der Waals surface area (Å²) in [6.07, 6.45) is 0. The summed E-state index contributed by atoms with van der Waals surface area (Å²) in [6, 6.07) is 20.2. The number of para-hydroxylation sites is 1. The molecule has 1 N–H and O–H groups in total. The van der Waals surface area contributed by atoms with E-state index in [2.05, 4.69) is 0 Å². The Labute approximate surface area is 202 Å². The van der Waals surface area contributed by atoms with Gasteiger partial charge in [-0.15, -0.1) is 0 Å². The van der Waals surface area contributed by atoms with Gasteiger partial charge in [-0.25, -0.2) is 4.68 Å². The lowest BCUT2D eigenvalue weighted by molar-refractivity contribution is -0.122. The van der Waals surface area contributed by atoms with Gasteiger partial charge in [-0.3, -0.25) is 14.3 Å². The van der Waals surface area contributed by atoms with E-state index in [0.29, 0.717) is 33.9 Å². The Bertz CT molecular complexity index is 1640. The number of aryl methyl sites for hydroxylation is 2. The number of anilines is 1. The number of hydrogen-bond acceptors (Lipinski definition) is 4. The second-order valence-electron chi connectivity index (χ2n) is 9.28. The highest BCUT2D eigenvalue weighted by Gasteiger charge is 2.59. The molecule has 3 heterocycles. The maximum absolute atomic E-state index is 14.4. The Balaban J connectivity index is 1.68. The molecule has 1 amide bonds. The van der Waals surface area contributed by atoms with Gasteiger partial charge >= 0.3 is 0 Å². The Morgan fingerprint density at radius 2 is 1.54 bits per heavy atom. The average Bonchev–Trinajstić information content (AvgIpc) is 3.38. The van der Waals surface area contributed by atoms with E-state index in [1.807, 2.05) is 70.2 Å². The minimum Gasteiger partial charge on any atom is -0.507 e. The number of phenols is 1. The van der Waals surface area contributed by atoms with Crippen LogP contribution in [0.1, 0.15) is 29.3 Å². The van der Waals surface area contributed by atoms with Crippen molar-refractivity contribution in [2.24, 2.45) is 5.10 Å². The highest BCUT2D eigenvalue weighted by atomic mass is 16.3. The lowest BCUT2D eigenvalue weighted by Gasteiger charge is -2.27. The lowest BCUT2D eigenvalue weighted by atomic mass is 9.84. The molecular formula is C28H24N4O3. The van der Waals surface area contributed by atoms with Crippen LogP contribution in [0.2, 0.25) is 0 Å². The van der Waals surface area contributed by atoms with Gasteiger partial charge < -0.3 is 5.11 Å². The van der Waals surface area contributed by atoms with Crippen molar-refractivity contribution in [3.8, 4) is 22.6 Å². The second kappa shape index (κ2) is 7.06. The number of benzene rings is 3. The Morgan fingerprint density at radius 1 is 0.857 bits per heavy atom. The summed E-state index contributed by atoms with van der Waals surface area (Å²) in [4.78, 5) is 28.3. The summed E-state index contributed by atoms with van der Waals surface area (Å²) in [5, 5.41) is 16.7. The zero-order chi connectivity index (χ0) is 24.6. The molecule has 6 rings (SSSR count). The van der Waals surface area contributed by atoms with Gasteiger partial charge in [-0.1, -0.05) is 53.6 Å². The van der Waals surface area contributed by atoms with Crippen LogP contribution in [0.4, 0.5) is 5.69 Å². The molecule has 4 aromatic rings. The summed E-state index contributed by atoms with van der Waals surface area (Å²) in [5.74, 6) is -0.237. The number of amides is 1. The van der Waals surface area contributed by atoms with Crippen molar-refractivity contribution in [2.45, 2.75) is 33.2 Å². The Hall–Kier alpha value is -4.39. The van der Waals surface area contributed by atoms with E-state index in [1.54, 1.807) is 33.6 Å². The van der Waals surface area contributed by atoms with Crippen molar-refractivity contribution in [3.05, 3.63) is 99.5 Å². The smallest absolute Gasteiger partial charge is 0.285 e. The van der Waals surface area contributed by atoms with Gasteiger partial charge in [-0.2, -0.15) is 10.1 Å². The first-order chi connectivity index (χ1) is 16.8. The van der Waals surface area contributed by atoms with Gasteiger partial charge in [0.1, 0.15) is 5.75 Å². The molecule has 2 aliphatic rings. The first-order valence-corrected chi connectivity index (χ1v) is 11.5. The van der Waals surface area contributed by atoms with E-state index in [0.717, 1.165) is 16.7 Å². The standard InChI is InChI=1S/C28H24N4O3/c1-16-9-12-20(13-10-16)30-27(35)28(19(4)29-30)22-15-17(2)11-14-23(22)31-26(34)25(18(3)32(28)31)21-7-5-6-8-24(21)33/h5-15,33H,1-4H3. The summed E-state index contributed by atoms with van der Waals surface area (Å²) >= 11 is 0. The number of hydrazone groups is 1. The quantitative estimate of drug-likeness (QED) is 0.477. The number of carbonyl (C=O) groups is 1. The molecule has 0 aliphatic carbocycles. The molecule has 3 aromatic carbocycles. The van der Waals surface area contributed by atoms with E-state index >= 15 is 0 Å². The van der Waals surface area contributed by atoms with E-state index in [9.17, 15) is 14.7 Å². The number of fused-ring (bicyclic) bond motifs is 5. The zero-order valence-corrected chi connectivity index (χ0v) is 19.9. The van der Waals surface area contributed by atoms with Crippen LogP contribution in [0, 0.1) is 20.8 Å². The van der Waals surface area contributed by atoms with Crippen molar-refractivity contribution in [1.82, 2.24) is 9.36 Å². The average molecular weight is 465 g/mol. The van der Waals surface area contributed by atoms with Gasteiger partial charge in [-0.05, 0) is 52.0 Å². The molecule has 1 spiro atoms. The van der Waals surface area contributed by atoms with E-state index in [4.69, 9.17) is 5.10 Å².